The smallest absolute Gasteiger partial charge is 0.108 e. The lowest BCUT2D eigenvalue weighted by molar-refractivity contribution is 0.379. The van der Waals surface area contributed by atoms with Gasteiger partial charge >= 0.3 is 0 Å². The average molecular weight is 224 g/mol. The largest absolute Gasteiger partial charge is 0.338 e. The first-order valence-corrected chi connectivity index (χ1v) is 6.09. The van der Waals surface area contributed by atoms with E-state index in [1.54, 1.807) is 0 Å². The van der Waals surface area contributed by atoms with Crippen molar-refractivity contribution in [1.82, 2.24) is 15.0 Å². The fourth-order valence-corrected chi connectivity index (χ4v) is 1.86. The lowest BCUT2D eigenvalue weighted by Crippen LogP contribution is -2.36. The monoisotopic (exact) mass is 224 g/mol. The minimum atomic E-state index is 0.395. The summed E-state index contributed by atoms with van der Waals surface area (Å²) < 4.78 is 2.07. The average Bonchev–Trinajstić information content (AvgIpc) is 2.69. The first kappa shape index (κ1) is 13.2. The predicted molar refractivity (Wildman–Crippen MR) is 66.7 cm³/mol. The summed E-state index contributed by atoms with van der Waals surface area (Å²) in [5.41, 5.74) is 2.91. The molecule has 92 valence electrons. The van der Waals surface area contributed by atoms with Crippen LogP contribution in [-0.4, -0.2) is 15.6 Å². The van der Waals surface area contributed by atoms with Crippen molar-refractivity contribution in [2.75, 3.05) is 0 Å². The van der Waals surface area contributed by atoms with Crippen LogP contribution in [0.25, 0.3) is 0 Å². The van der Waals surface area contributed by atoms with Crippen molar-refractivity contribution >= 4 is 0 Å². The van der Waals surface area contributed by atoms with Crippen molar-refractivity contribution in [3.63, 3.8) is 0 Å². The molecule has 1 aromatic rings. The molecular weight excluding hydrogens is 200 g/mol. The van der Waals surface area contributed by atoms with E-state index in [0.717, 1.165) is 31.0 Å². The Hall–Kier alpha value is -0.870. The molecule has 0 saturated heterocycles. The Bertz CT molecular complexity index is 295. The van der Waals surface area contributed by atoms with Crippen LogP contribution >= 0.6 is 0 Å². The number of nitrogens with zero attached hydrogens (tertiary/aromatic N) is 2. The highest BCUT2D eigenvalue weighted by molar-refractivity contribution is 4.92. The van der Waals surface area contributed by atoms with Gasteiger partial charge in [-0.1, -0.05) is 20.3 Å². The highest BCUT2D eigenvalue weighted by Crippen LogP contribution is 2.13. The Labute approximate surface area is 98.2 Å². The van der Waals surface area contributed by atoms with Gasteiger partial charge in [-0.2, -0.15) is 0 Å². The van der Waals surface area contributed by atoms with Crippen LogP contribution in [0.15, 0.2) is 12.4 Å². The topological polar surface area (TPSA) is 55.9 Å². The first-order valence-electron chi connectivity index (χ1n) is 6.09. The van der Waals surface area contributed by atoms with E-state index in [4.69, 9.17) is 5.84 Å². The van der Waals surface area contributed by atoms with Gasteiger partial charge in [0.25, 0.3) is 0 Å². The van der Waals surface area contributed by atoms with Gasteiger partial charge in [-0.05, 0) is 18.8 Å². The van der Waals surface area contributed by atoms with Crippen molar-refractivity contribution in [2.24, 2.45) is 18.8 Å². The molecule has 0 aromatic carbocycles. The van der Waals surface area contributed by atoms with Gasteiger partial charge in [0.05, 0.1) is 0 Å². The number of imidazole rings is 1. The molecule has 0 spiro atoms. The van der Waals surface area contributed by atoms with E-state index in [1.807, 2.05) is 19.4 Å². The fourth-order valence-electron chi connectivity index (χ4n) is 1.86. The number of hydrogen-bond acceptors (Lipinski definition) is 3. The number of hydrogen-bond donors (Lipinski definition) is 2. The Kier molecular flexibility index (Phi) is 5.49. The number of nitrogens with two attached hydrogens (primary N) is 1. The van der Waals surface area contributed by atoms with Crippen LogP contribution in [0.1, 0.15) is 38.9 Å². The normalized spacial score (nSPS) is 15.0. The van der Waals surface area contributed by atoms with Crippen molar-refractivity contribution in [2.45, 2.75) is 45.6 Å². The summed E-state index contributed by atoms with van der Waals surface area (Å²) in [5, 5.41) is 0. The molecule has 16 heavy (non-hydrogen) atoms. The van der Waals surface area contributed by atoms with Gasteiger partial charge in [-0.15, -0.1) is 0 Å². The third-order valence-corrected chi connectivity index (χ3v) is 3.26. The minimum Gasteiger partial charge on any atom is -0.338 e. The summed E-state index contributed by atoms with van der Waals surface area (Å²) in [6, 6.07) is 0.395. The summed E-state index contributed by atoms with van der Waals surface area (Å²) in [5.74, 6) is 7.43. The molecule has 0 radical (unpaired) electrons. The van der Waals surface area contributed by atoms with Crippen molar-refractivity contribution in [1.29, 1.82) is 0 Å². The summed E-state index contributed by atoms with van der Waals surface area (Å²) >= 11 is 0. The lowest BCUT2D eigenvalue weighted by atomic mass is 9.97. The molecule has 0 saturated carbocycles. The summed E-state index contributed by atoms with van der Waals surface area (Å²) in [7, 11) is 2.03. The van der Waals surface area contributed by atoms with E-state index < -0.39 is 0 Å². The van der Waals surface area contributed by atoms with Crippen LogP contribution in [0.4, 0.5) is 0 Å². The second-order valence-electron chi connectivity index (χ2n) is 4.61. The Morgan fingerprint density at radius 1 is 1.56 bits per heavy atom. The van der Waals surface area contributed by atoms with Crippen molar-refractivity contribution in [3.05, 3.63) is 18.2 Å². The van der Waals surface area contributed by atoms with Gasteiger partial charge in [0.2, 0.25) is 0 Å². The Balaban J connectivity index is 2.37. The van der Waals surface area contributed by atoms with Crippen LogP contribution < -0.4 is 11.3 Å². The molecule has 1 aromatic heterocycles. The molecule has 4 nitrogen and oxygen atoms in total. The van der Waals surface area contributed by atoms with E-state index in [9.17, 15) is 0 Å². The highest BCUT2D eigenvalue weighted by atomic mass is 15.2. The fraction of sp³-hybridized carbons (Fsp3) is 0.750. The van der Waals surface area contributed by atoms with Crippen LogP contribution in [-0.2, 0) is 13.5 Å². The summed E-state index contributed by atoms with van der Waals surface area (Å²) in [6.07, 6.45) is 8.20. The molecule has 1 heterocycles. The van der Waals surface area contributed by atoms with E-state index in [0.29, 0.717) is 6.04 Å². The van der Waals surface area contributed by atoms with E-state index >= 15 is 0 Å². The second kappa shape index (κ2) is 6.66. The molecule has 0 aliphatic heterocycles. The third kappa shape index (κ3) is 3.94. The molecule has 2 atom stereocenters. The quantitative estimate of drug-likeness (QED) is 0.546. The number of rotatable bonds is 7. The van der Waals surface area contributed by atoms with Crippen molar-refractivity contribution in [3.8, 4) is 0 Å². The highest BCUT2D eigenvalue weighted by Gasteiger charge is 2.11. The van der Waals surface area contributed by atoms with Crippen LogP contribution in [0.3, 0.4) is 0 Å². The van der Waals surface area contributed by atoms with Gasteiger partial charge in [-0.3, -0.25) is 11.3 Å². The Morgan fingerprint density at radius 2 is 2.31 bits per heavy atom. The van der Waals surface area contributed by atoms with E-state index in [-0.39, 0.29) is 0 Å². The van der Waals surface area contributed by atoms with Gasteiger partial charge in [0.1, 0.15) is 5.82 Å². The van der Waals surface area contributed by atoms with Gasteiger partial charge < -0.3 is 4.57 Å². The number of hydrazine groups is 1. The van der Waals surface area contributed by atoms with Crippen LogP contribution in [0.5, 0.6) is 0 Å². The minimum absolute atomic E-state index is 0.395. The van der Waals surface area contributed by atoms with Gasteiger partial charge in [0.15, 0.2) is 0 Å². The number of aryl methyl sites for hydroxylation is 2. The molecule has 2 unspecified atom stereocenters. The standard InChI is InChI=1S/C12H24N4/c1-4-10(2)9-11(15-13)5-6-12-14-7-8-16(12)3/h7-8,10-11,15H,4-6,9,13H2,1-3H3. The zero-order valence-electron chi connectivity index (χ0n) is 10.6. The summed E-state index contributed by atoms with van der Waals surface area (Å²) in [4.78, 5) is 4.32. The number of aromatic nitrogens is 2. The molecule has 0 amide bonds. The maximum atomic E-state index is 5.58. The van der Waals surface area contributed by atoms with Gasteiger partial charge in [0, 0.05) is 31.9 Å². The lowest BCUT2D eigenvalue weighted by Gasteiger charge is -2.19. The van der Waals surface area contributed by atoms with Crippen molar-refractivity contribution < 1.29 is 0 Å². The maximum Gasteiger partial charge on any atom is 0.108 e. The molecule has 0 aliphatic rings. The SMILES string of the molecule is CCC(C)CC(CCc1nccn1C)NN. The predicted octanol–water partition coefficient (Wildman–Crippen LogP) is 1.62. The molecular formula is C12H24N4. The zero-order chi connectivity index (χ0) is 12.0. The third-order valence-electron chi connectivity index (χ3n) is 3.26. The molecule has 3 N–H and O–H groups in total. The van der Waals surface area contributed by atoms with Crippen LogP contribution in [0, 0.1) is 5.92 Å². The number of nitrogens with one attached hydrogen (secondary N) is 1. The maximum absolute atomic E-state index is 5.58. The molecule has 0 bridgehead atoms. The summed E-state index contributed by atoms with van der Waals surface area (Å²) in [6.45, 7) is 4.49. The van der Waals surface area contributed by atoms with E-state index in [2.05, 4.69) is 28.8 Å². The molecule has 1 rings (SSSR count). The van der Waals surface area contributed by atoms with E-state index in [1.165, 1.54) is 6.42 Å². The zero-order valence-corrected chi connectivity index (χ0v) is 10.6. The first-order chi connectivity index (χ1) is 7.67. The molecule has 0 fully saturated rings. The Morgan fingerprint density at radius 3 is 2.81 bits per heavy atom. The molecule has 0 aliphatic carbocycles. The second-order valence-corrected chi connectivity index (χ2v) is 4.61. The molecule has 4 heteroatoms. The van der Waals surface area contributed by atoms with Gasteiger partial charge in [-0.25, -0.2) is 4.98 Å². The van der Waals surface area contributed by atoms with Crippen LogP contribution in [0.2, 0.25) is 0 Å².